The van der Waals surface area contributed by atoms with Crippen LogP contribution >= 0.6 is 0 Å². The summed E-state index contributed by atoms with van der Waals surface area (Å²) in [6.45, 7) is 17.4. The van der Waals surface area contributed by atoms with Crippen LogP contribution in [0.3, 0.4) is 0 Å². The van der Waals surface area contributed by atoms with Crippen LogP contribution < -0.4 is 0 Å². The van der Waals surface area contributed by atoms with E-state index in [4.69, 9.17) is 14.2 Å². The zero-order valence-corrected chi connectivity index (χ0v) is 24.9. The Hall–Kier alpha value is -2.92. The molecule has 3 aromatic carbocycles. The van der Waals surface area contributed by atoms with Crippen molar-refractivity contribution < 1.29 is 23.8 Å². The van der Waals surface area contributed by atoms with Gasteiger partial charge in [0.2, 0.25) is 0 Å². The van der Waals surface area contributed by atoms with E-state index in [1.54, 1.807) is 0 Å². The number of ether oxygens (including phenoxy) is 3. The van der Waals surface area contributed by atoms with Crippen molar-refractivity contribution >= 4 is 33.5 Å². The molecule has 0 aromatic heterocycles. The molecular formula is C34H44O5. The molecule has 1 heterocycles. The molecule has 1 aliphatic heterocycles. The largest absolute Gasteiger partial charge is 0.462 e. The standard InChI is InChI=1S/C34H44O5/c1-31(2,3)21-33(7,29(35)38-19-25-18-37-25)22-34(8,32(4,5)6)30(36)39-20-28-26-15-11-9-13-23(26)17-24-14-10-12-16-27(24)28/h9-17,25H,18-22H2,1-8H3. The second-order valence-corrected chi connectivity index (χ2v) is 14.0. The number of fused-ring (bicyclic) bond motifs is 2. The van der Waals surface area contributed by atoms with Gasteiger partial charge in [0.05, 0.1) is 17.4 Å². The van der Waals surface area contributed by atoms with Crippen LogP contribution in [0.2, 0.25) is 0 Å². The maximum atomic E-state index is 14.1. The highest BCUT2D eigenvalue weighted by Crippen LogP contribution is 2.51. The van der Waals surface area contributed by atoms with Crippen molar-refractivity contribution in [3.8, 4) is 0 Å². The van der Waals surface area contributed by atoms with Gasteiger partial charge in [0, 0.05) is 5.56 Å². The lowest BCUT2D eigenvalue weighted by Crippen LogP contribution is -2.48. The molecule has 0 saturated carbocycles. The van der Waals surface area contributed by atoms with Crippen LogP contribution in [-0.2, 0) is 30.4 Å². The lowest BCUT2D eigenvalue weighted by atomic mass is 9.58. The van der Waals surface area contributed by atoms with Crippen molar-refractivity contribution in [2.24, 2.45) is 21.7 Å². The van der Waals surface area contributed by atoms with E-state index in [2.05, 4.69) is 51.1 Å². The first-order valence-corrected chi connectivity index (χ1v) is 14.0. The van der Waals surface area contributed by atoms with Gasteiger partial charge in [-0.05, 0) is 65.1 Å². The summed E-state index contributed by atoms with van der Waals surface area (Å²) in [6.07, 6.45) is 0.889. The topological polar surface area (TPSA) is 65.1 Å². The van der Waals surface area contributed by atoms with Crippen LogP contribution in [0.25, 0.3) is 21.5 Å². The molecule has 0 aliphatic carbocycles. The number of carbonyl (C=O) groups is 2. The third-order valence-corrected chi connectivity index (χ3v) is 8.30. The zero-order valence-electron chi connectivity index (χ0n) is 24.9. The van der Waals surface area contributed by atoms with Crippen LogP contribution in [0.4, 0.5) is 0 Å². The Morgan fingerprint density at radius 2 is 1.33 bits per heavy atom. The normalized spacial score (nSPS) is 18.8. The van der Waals surface area contributed by atoms with Gasteiger partial charge < -0.3 is 14.2 Å². The fourth-order valence-corrected chi connectivity index (χ4v) is 5.87. The Morgan fingerprint density at radius 3 is 1.82 bits per heavy atom. The van der Waals surface area contributed by atoms with E-state index < -0.39 is 16.2 Å². The average Bonchev–Trinajstić information content (AvgIpc) is 3.67. The summed E-state index contributed by atoms with van der Waals surface area (Å²) in [5.41, 5.74) is -1.43. The molecule has 5 heteroatoms. The minimum Gasteiger partial charge on any atom is -0.462 e. The fourth-order valence-electron chi connectivity index (χ4n) is 5.87. The van der Waals surface area contributed by atoms with Crippen molar-refractivity contribution in [1.82, 2.24) is 0 Å². The molecule has 1 fully saturated rings. The smallest absolute Gasteiger partial charge is 0.312 e. The van der Waals surface area contributed by atoms with Gasteiger partial charge in [-0.25, -0.2) is 0 Å². The predicted molar refractivity (Wildman–Crippen MR) is 156 cm³/mol. The quantitative estimate of drug-likeness (QED) is 0.159. The van der Waals surface area contributed by atoms with Gasteiger partial charge in [-0.15, -0.1) is 0 Å². The lowest BCUT2D eigenvalue weighted by Gasteiger charge is -2.45. The maximum absolute atomic E-state index is 14.1. The average molecular weight is 533 g/mol. The number of hydrogen-bond acceptors (Lipinski definition) is 5. The van der Waals surface area contributed by atoms with Crippen LogP contribution in [0, 0.1) is 21.7 Å². The molecule has 3 unspecified atom stereocenters. The first kappa shape index (κ1) is 29.1. The highest BCUT2D eigenvalue weighted by Gasteiger charge is 2.53. The summed E-state index contributed by atoms with van der Waals surface area (Å²) in [7, 11) is 0. The summed E-state index contributed by atoms with van der Waals surface area (Å²) in [4.78, 5) is 27.6. The van der Waals surface area contributed by atoms with Gasteiger partial charge in [0.25, 0.3) is 0 Å². The SMILES string of the molecule is CC(C)(C)CC(C)(CC(C)(C(=O)OCc1c2ccccc2cc2ccccc12)C(C)(C)C)C(=O)OCC1CO1. The van der Waals surface area contributed by atoms with Crippen LogP contribution in [0.15, 0.2) is 54.6 Å². The molecule has 1 aliphatic rings. The summed E-state index contributed by atoms with van der Waals surface area (Å²) in [5, 5.41) is 4.37. The lowest BCUT2D eigenvalue weighted by molar-refractivity contribution is -0.173. The van der Waals surface area contributed by atoms with Gasteiger partial charge in [-0.2, -0.15) is 0 Å². The zero-order chi connectivity index (χ0) is 28.6. The van der Waals surface area contributed by atoms with Gasteiger partial charge >= 0.3 is 11.9 Å². The molecule has 5 nitrogen and oxygen atoms in total. The Labute approximate surface area is 233 Å². The van der Waals surface area contributed by atoms with Crippen LogP contribution in [0.5, 0.6) is 0 Å². The van der Waals surface area contributed by atoms with Crippen molar-refractivity contribution in [3.63, 3.8) is 0 Å². The molecule has 0 radical (unpaired) electrons. The van der Waals surface area contributed by atoms with Crippen molar-refractivity contribution in [1.29, 1.82) is 0 Å². The van der Waals surface area contributed by atoms with E-state index in [1.165, 1.54) is 0 Å². The predicted octanol–water partition coefficient (Wildman–Crippen LogP) is 7.86. The number of epoxide rings is 1. The van der Waals surface area contributed by atoms with Crippen molar-refractivity contribution in [3.05, 3.63) is 60.2 Å². The van der Waals surface area contributed by atoms with Crippen LogP contribution in [-0.4, -0.2) is 31.3 Å². The van der Waals surface area contributed by atoms with Crippen molar-refractivity contribution in [2.75, 3.05) is 13.2 Å². The molecule has 0 bridgehead atoms. The first-order valence-electron chi connectivity index (χ1n) is 14.0. The highest BCUT2D eigenvalue weighted by atomic mass is 16.6. The Morgan fingerprint density at radius 1 is 0.795 bits per heavy atom. The van der Waals surface area contributed by atoms with E-state index in [-0.39, 0.29) is 36.7 Å². The fraction of sp³-hybridized carbons (Fsp3) is 0.529. The molecule has 0 amide bonds. The molecule has 3 aromatic rings. The molecule has 39 heavy (non-hydrogen) atoms. The molecule has 4 rings (SSSR count). The Kier molecular flexibility index (Phi) is 7.88. The maximum Gasteiger partial charge on any atom is 0.312 e. The molecule has 0 spiro atoms. The van der Waals surface area contributed by atoms with Crippen LogP contribution in [0.1, 0.15) is 73.8 Å². The number of rotatable bonds is 9. The number of benzene rings is 3. The van der Waals surface area contributed by atoms with E-state index in [0.29, 0.717) is 19.4 Å². The molecule has 1 saturated heterocycles. The number of hydrogen-bond donors (Lipinski definition) is 0. The van der Waals surface area contributed by atoms with Gasteiger partial charge in [0.1, 0.15) is 19.3 Å². The second kappa shape index (κ2) is 10.6. The summed E-state index contributed by atoms with van der Waals surface area (Å²) >= 11 is 0. The van der Waals surface area contributed by atoms with E-state index >= 15 is 0 Å². The van der Waals surface area contributed by atoms with Gasteiger partial charge in [-0.3, -0.25) is 9.59 Å². The Balaban J connectivity index is 1.65. The summed E-state index contributed by atoms with van der Waals surface area (Å²) in [6, 6.07) is 18.6. The van der Waals surface area contributed by atoms with E-state index in [0.717, 1.165) is 27.1 Å². The van der Waals surface area contributed by atoms with Crippen molar-refractivity contribution in [2.45, 2.75) is 80.9 Å². The molecule has 210 valence electrons. The third-order valence-electron chi connectivity index (χ3n) is 8.30. The summed E-state index contributed by atoms with van der Waals surface area (Å²) < 4.78 is 17.2. The Bertz CT molecular complexity index is 1300. The summed E-state index contributed by atoms with van der Waals surface area (Å²) in [5.74, 6) is -0.582. The molecular weight excluding hydrogens is 488 g/mol. The first-order chi connectivity index (χ1) is 18.1. The van der Waals surface area contributed by atoms with Gasteiger partial charge in [-0.1, -0.05) is 90.1 Å². The van der Waals surface area contributed by atoms with E-state index in [1.807, 2.05) is 58.9 Å². The number of carbonyl (C=O) groups excluding carboxylic acids is 2. The highest BCUT2D eigenvalue weighted by molar-refractivity contribution is 6.02. The molecule has 3 atom stereocenters. The van der Waals surface area contributed by atoms with E-state index in [9.17, 15) is 9.59 Å². The number of esters is 2. The molecule has 0 N–H and O–H groups in total. The monoisotopic (exact) mass is 532 g/mol. The minimum absolute atomic E-state index is 0.0117. The third kappa shape index (κ3) is 6.46. The second-order valence-electron chi connectivity index (χ2n) is 14.0. The minimum atomic E-state index is -0.942. The van der Waals surface area contributed by atoms with Gasteiger partial charge in [0.15, 0.2) is 0 Å².